The van der Waals surface area contributed by atoms with Crippen LogP contribution in [-0.4, -0.2) is 17.6 Å². The molecule has 7 heteroatoms. The maximum absolute atomic E-state index is 11.3. The first kappa shape index (κ1) is 19.9. The summed E-state index contributed by atoms with van der Waals surface area (Å²) in [6, 6.07) is 12.9. The number of carbonyl (C=O) groups excluding carboxylic acids is 1. The molecule has 0 saturated heterocycles. The minimum absolute atomic E-state index is 0.0474. The number of carbonyl (C=O) groups is 1. The summed E-state index contributed by atoms with van der Waals surface area (Å²) < 4.78 is 6.46. The molecule has 0 aromatic heterocycles. The van der Waals surface area contributed by atoms with E-state index in [2.05, 4.69) is 15.9 Å². The van der Waals surface area contributed by atoms with Gasteiger partial charge in [-0.25, -0.2) is 0 Å². The number of halogens is 1. The number of benzene rings is 2. The van der Waals surface area contributed by atoms with Crippen molar-refractivity contribution in [3.63, 3.8) is 0 Å². The predicted molar refractivity (Wildman–Crippen MR) is 106 cm³/mol. The Hall–Kier alpha value is -2.43. The molecular formula is C19H17BrN2O3S. The number of hydrogen-bond donors (Lipinski definition) is 2. The van der Waals surface area contributed by atoms with E-state index in [1.165, 1.54) is 6.08 Å². The summed E-state index contributed by atoms with van der Waals surface area (Å²) in [5, 5.41) is 19.5. The maximum Gasteiger partial charge on any atom is 0.259 e. The molecule has 26 heavy (non-hydrogen) atoms. The van der Waals surface area contributed by atoms with Gasteiger partial charge in [-0.1, -0.05) is 15.9 Å². The van der Waals surface area contributed by atoms with E-state index >= 15 is 0 Å². The fourth-order valence-corrected chi connectivity index (χ4v) is 3.30. The van der Waals surface area contributed by atoms with Gasteiger partial charge in [0.05, 0.1) is 6.61 Å². The van der Waals surface area contributed by atoms with Crippen LogP contribution in [0.25, 0.3) is 6.08 Å². The molecule has 0 saturated carbocycles. The minimum Gasteiger partial charge on any atom is -0.504 e. The van der Waals surface area contributed by atoms with Gasteiger partial charge in [-0.2, -0.15) is 5.26 Å². The zero-order valence-corrected chi connectivity index (χ0v) is 16.4. The van der Waals surface area contributed by atoms with Crippen molar-refractivity contribution < 1.29 is 14.6 Å². The molecule has 0 unspecified atom stereocenters. The zero-order chi connectivity index (χ0) is 19.1. The van der Waals surface area contributed by atoms with Crippen LogP contribution in [0.2, 0.25) is 0 Å². The molecule has 3 N–H and O–H groups in total. The molecule has 5 nitrogen and oxygen atoms in total. The topological polar surface area (TPSA) is 96.3 Å². The Balaban J connectivity index is 2.35. The molecule has 0 aliphatic rings. The molecular weight excluding hydrogens is 416 g/mol. The molecule has 2 aromatic carbocycles. The van der Waals surface area contributed by atoms with Gasteiger partial charge in [-0.15, -0.1) is 11.8 Å². The Morgan fingerprint density at radius 2 is 2.08 bits per heavy atom. The van der Waals surface area contributed by atoms with Gasteiger partial charge in [0.2, 0.25) is 0 Å². The minimum atomic E-state index is -0.802. The van der Waals surface area contributed by atoms with Gasteiger partial charge >= 0.3 is 0 Å². The number of phenols is 1. The van der Waals surface area contributed by atoms with Gasteiger partial charge in [0, 0.05) is 20.7 Å². The van der Waals surface area contributed by atoms with E-state index in [4.69, 9.17) is 15.7 Å². The van der Waals surface area contributed by atoms with Crippen molar-refractivity contribution in [3.05, 3.63) is 57.6 Å². The highest BCUT2D eigenvalue weighted by Gasteiger charge is 2.13. The van der Waals surface area contributed by atoms with Crippen LogP contribution in [0.4, 0.5) is 0 Å². The van der Waals surface area contributed by atoms with Crippen molar-refractivity contribution in [2.24, 2.45) is 5.73 Å². The quantitative estimate of drug-likeness (QED) is 0.387. The van der Waals surface area contributed by atoms with Crippen molar-refractivity contribution in [2.45, 2.75) is 17.6 Å². The van der Waals surface area contributed by atoms with E-state index in [1.54, 1.807) is 30.0 Å². The monoisotopic (exact) mass is 432 g/mol. The summed E-state index contributed by atoms with van der Waals surface area (Å²) in [4.78, 5) is 12.3. The van der Waals surface area contributed by atoms with Gasteiger partial charge in [-0.3, -0.25) is 4.79 Å². The van der Waals surface area contributed by atoms with E-state index in [0.29, 0.717) is 29.2 Å². The lowest BCUT2D eigenvalue weighted by molar-refractivity contribution is -0.114. The highest BCUT2D eigenvalue weighted by atomic mass is 79.9. The lowest BCUT2D eigenvalue weighted by Crippen LogP contribution is -2.12. The maximum atomic E-state index is 11.3. The van der Waals surface area contributed by atoms with Crippen molar-refractivity contribution in [2.75, 3.05) is 6.61 Å². The largest absolute Gasteiger partial charge is 0.504 e. The first-order chi connectivity index (χ1) is 12.4. The van der Waals surface area contributed by atoms with Crippen LogP contribution in [0.1, 0.15) is 18.1 Å². The molecule has 0 heterocycles. The number of phenolic OH excluding ortho intramolecular Hbond substituents is 1. The molecule has 2 rings (SSSR count). The number of nitriles is 1. The Labute approximate surface area is 164 Å². The molecule has 0 bridgehead atoms. The highest BCUT2D eigenvalue weighted by molar-refractivity contribution is 9.10. The average molecular weight is 433 g/mol. The molecule has 1 amide bonds. The number of aromatic hydroxyl groups is 1. The van der Waals surface area contributed by atoms with Crippen LogP contribution in [-0.2, 0) is 10.5 Å². The number of hydrogen-bond acceptors (Lipinski definition) is 5. The Kier molecular flexibility index (Phi) is 7.13. The van der Waals surface area contributed by atoms with Crippen LogP contribution in [0, 0.1) is 11.3 Å². The second kappa shape index (κ2) is 9.32. The van der Waals surface area contributed by atoms with Crippen LogP contribution >= 0.6 is 27.7 Å². The van der Waals surface area contributed by atoms with E-state index in [-0.39, 0.29) is 11.3 Å². The van der Waals surface area contributed by atoms with Crippen LogP contribution in [0.15, 0.2) is 51.3 Å². The first-order valence-corrected chi connectivity index (χ1v) is 9.51. The van der Waals surface area contributed by atoms with E-state index in [9.17, 15) is 9.90 Å². The van der Waals surface area contributed by atoms with Gasteiger partial charge < -0.3 is 15.6 Å². The summed E-state index contributed by atoms with van der Waals surface area (Å²) in [5.41, 5.74) is 6.22. The van der Waals surface area contributed by atoms with Crippen LogP contribution in [0.3, 0.4) is 0 Å². The first-order valence-electron chi connectivity index (χ1n) is 7.73. The summed E-state index contributed by atoms with van der Waals surface area (Å²) >= 11 is 4.94. The average Bonchev–Trinajstić information content (AvgIpc) is 2.62. The summed E-state index contributed by atoms with van der Waals surface area (Å²) in [6.07, 6.45) is 1.39. The molecule has 0 aliphatic heterocycles. The van der Waals surface area contributed by atoms with E-state index in [1.807, 2.05) is 31.2 Å². The third-order valence-electron chi connectivity index (χ3n) is 3.38. The standard InChI is InChI=1S/C19H17BrN2O3S/c1-2-25-17-9-12(7-13(10-21)19(22)24)8-14(18(17)23)11-26-16-5-3-15(20)4-6-16/h3-9,23H,2,11H2,1H3,(H2,22,24)/b13-7+. The lowest BCUT2D eigenvalue weighted by atomic mass is 10.1. The molecule has 2 aromatic rings. The number of primary amides is 1. The summed E-state index contributed by atoms with van der Waals surface area (Å²) in [7, 11) is 0. The number of amides is 1. The number of nitrogens with zero attached hydrogens (tertiary/aromatic N) is 1. The molecule has 0 spiro atoms. The van der Waals surface area contributed by atoms with Crippen LogP contribution < -0.4 is 10.5 Å². The van der Waals surface area contributed by atoms with Gasteiger partial charge in [-0.05, 0) is 55.0 Å². The van der Waals surface area contributed by atoms with E-state index in [0.717, 1.165) is 9.37 Å². The third kappa shape index (κ3) is 5.28. The predicted octanol–water partition coefficient (Wildman–Crippen LogP) is 4.24. The number of ether oxygens (including phenoxy) is 1. The number of nitrogens with two attached hydrogens (primary N) is 1. The van der Waals surface area contributed by atoms with Crippen LogP contribution in [0.5, 0.6) is 11.5 Å². The second-order valence-electron chi connectivity index (χ2n) is 5.24. The fourth-order valence-electron chi connectivity index (χ4n) is 2.17. The molecule has 0 atom stereocenters. The SMILES string of the molecule is CCOc1cc(/C=C(\C#N)C(N)=O)cc(CSc2ccc(Br)cc2)c1O. The molecule has 134 valence electrons. The van der Waals surface area contributed by atoms with Crippen molar-refractivity contribution in [3.8, 4) is 17.6 Å². The molecule has 0 fully saturated rings. The van der Waals surface area contributed by atoms with E-state index < -0.39 is 5.91 Å². The van der Waals surface area contributed by atoms with Gasteiger partial charge in [0.1, 0.15) is 11.6 Å². The Morgan fingerprint density at radius 1 is 1.38 bits per heavy atom. The van der Waals surface area contributed by atoms with Crippen molar-refractivity contribution >= 4 is 39.7 Å². The zero-order valence-electron chi connectivity index (χ0n) is 14.0. The summed E-state index contributed by atoms with van der Waals surface area (Å²) in [6.45, 7) is 2.18. The molecule has 0 radical (unpaired) electrons. The highest BCUT2D eigenvalue weighted by Crippen LogP contribution is 2.36. The van der Waals surface area contributed by atoms with Crippen molar-refractivity contribution in [1.29, 1.82) is 5.26 Å². The smallest absolute Gasteiger partial charge is 0.259 e. The number of rotatable bonds is 7. The molecule has 0 aliphatic carbocycles. The lowest BCUT2D eigenvalue weighted by Gasteiger charge is -2.12. The summed E-state index contributed by atoms with van der Waals surface area (Å²) in [5.74, 6) is 0.0400. The van der Waals surface area contributed by atoms with Crippen molar-refractivity contribution in [1.82, 2.24) is 0 Å². The Morgan fingerprint density at radius 3 is 2.65 bits per heavy atom. The fraction of sp³-hybridized carbons (Fsp3) is 0.158. The third-order valence-corrected chi connectivity index (χ3v) is 4.97. The number of thioether (sulfide) groups is 1. The van der Waals surface area contributed by atoms with Gasteiger partial charge in [0.15, 0.2) is 11.5 Å². The second-order valence-corrected chi connectivity index (χ2v) is 7.20. The van der Waals surface area contributed by atoms with Gasteiger partial charge in [0.25, 0.3) is 5.91 Å². The Bertz CT molecular complexity index is 874. The normalized spacial score (nSPS) is 11.0.